The van der Waals surface area contributed by atoms with Gasteiger partial charge in [-0.2, -0.15) is 10.5 Å². The molecule has 0 atom stereocenters. The fraction of sp³-hybridized carbons (Fsp3) is 0.321. The normalized spacial score (nSPS) is 10.3. The highest BCUT2D eigenvalue weighted by Gasteiger charge is 2.18. The standard InChI is InChI=1S/C28H33N7/c1-6-34(7-2)23-14-10-21(11-15-23)31-27-25(18-29)20(5)26(19-30)28(33-27)32-22-12-16-24(17-13-22)35(8-3)9-4/h10-17H,6-9H2,1-5H3,(H2,31,32,33). The van der Waals surface area contributed by atoms with Crippen molar-refractivity contribution in [2.75, 3.05) is 46.6 Å². The van der Waals surface area contributed by atoms with Gasteiger partial charge in [0, 0.05) is 48.9 Å². The molecule has 7 heteroatoms. The van der Waals surface area contributed by atoms with Crippen LogP contribution in [-0.4, -0.2) is 31.2 Å². The second kappa shape index (κ2) is 11.8. The van der Waals surface area contributed by atoms with Crippen molar-refractivity contribution in [2.45, 2.75) is 34.6 Å². The molecule has 0 saturated carbocycles. The average molecular weight is 468 g/mol. The molecule has 180 valence electrons. The van der Waals surface area contributed by atoms with Gasteiger partial charge in [-0.1, -0.05) is 0 Å². The van der Waals surface area contributed by atoms with Gasteiger partial charge in [0.25, 0.3) is 0 Å². The number of pyridine rings is 1. The maximum atomic E-state index is 9.82. The molecule has 0 unspecified atom stereocenters. The van der Waals surface area contributed by atoms with Crippen molar-refractivity contribution in [3.05, 3.63) is 65.2 Å². The first-order valence-electron chi connectivity index (χ1n) is 12.1. The van der Waals surface area contributed by atoms with Gasteiger partial charge < -0.3 is 20.4 Å². The highest BCUT2D eigenvalue weighted by atomic mass is 15.1. The van der Waals surface area contributed by atoms with Crippen LogP contribution in [0, 0.1) is 29.6 Å². The minimum absolute atomic E-state index is 0.358. The molecule has 3 rings (SSSR count). The van der Waals surface area contributed by atoms with E-state index in [-0.39, 0.29) is 0 Å². The number of hydrogen-bond donors (Lipinski definition) is 2. The van der Waals surface area contributed by atoms with Gasteiger partial charge in [0.05, 0.1) is 11.1 Å². The molecule has 0 aliphatic heterocycles. The molecule has 2 aromatic carbocycles. The van der Waals surface area contributed by atoms with Crippen molar-refractivity contribution < 1.29 is 0 Å². The Morgan fingerprint density at radius 1 is 0.657 bits per heavy atom. The van der Waals surface area contributed by atoms with Crippen molar-refractivity contribution in [3.63, 3.8) is 0 Å². The molecule has 0 amide bonds. The second-order valence-electron chi connectivity index (χ2n) is 8.10. The Morgan fingerprint density at radius 3 is 1.29 bits per heavy atom. The molecule has 7 nitrogen and oxygen atoms in total. The first-order valence-corrected chi connectivity index (χ1v) is 12.1. The van der Waals surface area contributed by atoms with Crippen molar-refractivity contribution in [3.8, 4) is 12.1 Å². The molecule has 0 bridgehead atoms. The van der Waals surface area contributed by atoms with Crippen molar-refractivity contribution >= 4 is 34.4 Å². The van der Waals surface area contributed by atoms with Crippen molar-refractivity contribution in [1.82, 2.24) is 4.98 Å². The summed E-state index contributed by atoms with van der Waals surface area (Å²) in [6.45, 7) is 14.0. The maximum Gasteiger partial charge on any atom is 0.151 e. The van der Waals surface area contributed by atoms with E-state index in [1.165, 1.54) is 0 Å². The number of benzene rings is 2. The Bertz CT molecular complexity index is 1120. The SMILES string of the molecule is CCN(CC)c1ccc(Nc2nc(Nc3ccc(N(CC)CC)cc3)c(C#N)c(C)c2C#N)cc1. The monoisotopic (exact) mass is 467 g/mol. The third kappa shape index (κ3) is 5.65. The van der Waals surface area contributed by atoms with E-state index in [4.69, 9.17) is 0 Å². The lowest BCUT2D eigenvalue weighted by Gasteiger charge is -2.22. The number of nitriles is 2. The second-order valence-corrected chi connectivity index (χ2v) is 8.10. The molecule has 1 aromatic heterocycles. The lowest BCUT2D eigenvalue weighted by Crippen LogP contribution is -2.21. The third-order valence-electron chi connectivity index (χ3n) is 6.19. The minimum atomic E-state index is 0.358. The molecule has 0 aliphatic carbocycles. The quantitative estimate of drug-likeness (QED) is 0.361. The van der Waals surface area contributed by atoms with Crippen LogP contribution in [0.25, 0.3) is 0 Å². The summed E-state index contributed by atoms with van der Waals surface area (Å²) in [7, 11) is 0. The molecule has 3 aromatic rings. The molecular formula is C28H33N7. The maximum absolute atomic E-state index is 9.82. The number of nitrogens with zero attached hydrogens (tertiary/aromatic N) is 5. The molecule has 0 aliphatic rings. The first-order chi connectivity index (χ1) is 17.0. The average Bonchev–Trinajstić information content (AvgIpc) is 2.88. The van der Waals surface area contributed by atoms with Gasteiger partial charge in [-0.15, -0.1) is 0 Å². The summed E-state index contributed by atoms with van der Waals surface area (Å²) in [6.07, 6.45) is 0. The molecule has 0 fully saturated rings. The summed E-state index contributed by atoms with van der Waals surface area (Å²) < 4.78 is 0. The Morgan fingerprint density at radius 2 is 1.00 bits per heavy atom. The predicted molar refractivity (Wildman–Crippen MR) is 145 cm³/mol. The lowest BCUT2D eigenvalue weighted by molar-refractivity contribution is 0.866. The summed E-state index contributed by atoms with van der Waals surface area (Å²) in [4.78, 5) is 9.19. The molecule has 0 radical (unpaired) electrons. The lowest BCUT2D eigenvalue weighted by atomic mass is 10.0. The summed E-state index contributed by atoms with van der Waals surface area (Å²) in [5, 5.41) is 26.2. The van der Waals surface area contributed by atoms with Gasteiger partial charge in [-0.05, 0) is 88.7 Å². The largest absolute Gasteiger partial charge is 0.372 e. The number of aromatic nitrogens is 1. The molecular weight excluding hydrogens is 434 g/mol. The van der Waals surface area contributed by atoms with E-state index in [9.17, 15) is 10.5 Å². The van der Waals surface area contributed by atoms with Crippen LogP contribution in [-0.2, 0) is 0 Å². The predicted octanol–water partition coefficient (Wildman–Crippen LogP) is 6.31. The van der Waals surface area contributed by atoms with Crippen LogP contribution in [0.4, 0.5) is 34.4 Å². The Balaban J connectivity index is 1.93. The highest BCUT2D eigenvalue weighted by molar-refractivity contribution is 5.75. The van der Waals surface area contributed by atoms with E-state index in [2.05, 4.69) is 89.5 Å². The van der Waals surface area contributed by atoms with Gasteiger partial charge in [-0.25, -0.2) is 4.98 Å². The zero-order valence-corrected chi connectivity index (χ0v) is 21.2. The van der Waals surface area contributed by atoms with E-state index in [0.29, 0.717) is 28.3 Å². The summed E-state index contributed by atoms with van der Waals surface area (Å²) >= 11 is 0. The number of nitrogens with one attached hydrogen (secondary N) is 2. The van der Waals surface area contributed by atoms with E-state index >= 15 is 0 Å². The van der Waals surface area contributed by atoms with Crippen LogP contribution < -0.4 is 20.4 Å². The number of rotatable bonds is 10. The number of hydrogen-bond acceptors (Lipinski definition) is 7. The van der Waals surface area contributed by atoms with Crippen molar-refractivity contribution in [2.24, 2.45) is 0 Å². The van der Waals surface area contributed by atoms with Gasteiger partial charge in [0.1, 0.15) is 12.1 Å². The number of anilines is 6. The van der Waals surface area contributed by atoms with Crippen molar-refractivity contribution in [1.29, 1.82) is 10.5 Å². The van der Waals surface area contributed by atoms with E-state index in [1.54, 1.807) is 6.92 Å². The highest BCUT2D eigenvalue weighted by Crippen LogP contribution is 2.31. The minimum Gasteiger partial charge on any atom is -0.372 e. The van der Waals surface area contributed by atoms with Crippen LogP contribution >= 0.6 is 0 Å². The zero-order valence-electron chi connectivity index (χ0n) is 21.2. The Labute approximate surface area is 208 Å². The smallest absolute Gasteiger partial charge is 0.151 e. The Kier molecular flexibility index (Phi) is 8.53. The van der Waals surface area contributed by atoms with Crippen LogP contribution in [0.15, 0.2) is 48.5 Å². The van der Waals surface area contributed by atoms with E-state index in [0.717, 1.165) is 48.9 Å². The van der Waals surface area contributed by atoms with Crippen LogP contribution in [0.3, 0.4) is 0 Å². The van der Waals surface area contributed by atoms with E-state index in [1.807, 2.05) is 24.3 Å². The fourth-order valence-corrected chi connectivity index (χ4v) is 4.12. The van der Waals surface area contributed by atoms with Crippen LogP contribution in [0.5, 0.6) is 0 Å². The van der Waals surface area contributed by atoms with Crippen LogP contribution in [0.2, 0.25) is 0 Å². The summed E-state index contributed by atoms with van der Waals surface area (Å²) in [5.74, 6) is 0.837. The van der Waals surface area contributed by atoms with E-state index < -0.39 is 0 Å². The topological polar surface area (TPSA) is 91.0 Å². The molecule has 1 heterocycles. The third-order valence-corrected chi connectivity index (χ3v) is 6.19. The Hall–Kier alpha value is -4.23. The molecule has 0 spiro atoms. The summed E-state index contributed by atoms with van der Waals surface area (Å²) in [6, 6.07) is 20.5. The molecule has 2 N–H and O–H groups in total. The fourth-order valence-electron chi connectivity index (χ4n) is 4.12. The van der Waals surface area contributed by atoms with Crippen LogP contribution in [0.1, 0.15) is 44.4 Å². The molecule has 35 heavy (non-hydrogen) atoms. The first kappa shape index (κ1) is 25.4. The zero-order chi connectivity index (χ0) is 25.4. The van der Waals surface area contributed by atoms with Gasteiger partial charge in [0.2, 0.25) is 0 Å². The van der Waals surface area contributed by atoms with Gasteiger partial charge in [-0.3, -0.25) is 0 Å². The van der Waals surface area contributed by atoms with Gasteiger partial charge in [0.15, 0.2) is 11.6 Å². The molecule has 0 saturated heterocycles. The summed E-state index contributed by atoms with van der Waals surface area (Å²) in [5.41, 5.74) is 5.23. The van der Waals surface area contributed by atoms with Gasteiger partial charge >= 0.3 is 0 Å².